The van der Waals surface area contributed by atoms with E-state index in [9.17, 15) is 4.79 Å². The van der Waals surface area contributed by atoms with Crippen LogP contribution in [0.1, 0.15) is 24.4 Å². The van der Waals surface area contributed by atoms with E-state index < -0.39 is 0 Å². The highest BCUT2D eigenvalue weighted by Crippen LogP contribution is 2.38. The van der Waals surface area contributed by atoms with Gasteiger partial charge in [-0.3, -0.25) is 4.79 Å². The van der Waals surface area contributed by atoms with Crippen molar-refractivity contribution in [1.29, 1.82) is 0 Å². The summed E-state index contributed by atoms with van der Waals surface area (Å²) >= 11 is 12.3. The fraction of sp³-hybridized carbons (Fsp3) is 0.526. The third-order valence-electron chi connectivity index (χ3n) is 5.11. The van der Waals surface area contributed by atoms with Crippen LogP contribution in [0.15, 0.2) is 24.8 Å². The molecule has 0 saturated carbocycles. The summed E-state index contributed by atoms with van der Waals surface area (Å²) in [6, 6.07) is 3.27. The lowest BCUT2D eigenvalue weighted by molar-refractivity contribution is -0.151. The first kappa shape index (κ1) is 19.5. The molecule has 0 aliphatic carbocycles. The fourth-order valence-corrected chi connectivity index (χ4v) is 3.77. The molecular weight excluding hydrogens is 375 g/mol. The maximum Gasteiger partial charge on any atom is 0.230 e. The zero-order valence-electron chi connectivity index (χ0n) is 14.6. The van der Waals surface area contributed by atoms with Gasteiger partial charge in [-0.1, -0.05) is 35.9 Å². The summed E-state index contributed by atoms with van der Waals surface area (Å²) in [4.78, 5) is 14.3. The normalized spacial score (nSPS) is 19.7. The van der Waals surface area contributed by atoms with Crippen molar-refractivity contribution >= 4 is 29.1 Å². The van der Waals surface area contributed by atoms with Crippen molar-refractivity contribution in [3.05, 3.63) is 40.4 Å². The van der Waals surface area contributed by atoms with E-state index in [2.05, 4.69) is 6.58 Å². The van der Waals surface area contributed by atoms with E-state index in [0.717, 1.165) is 31.5 Å². The maximum absolute atomic E-state index is 12.3. The van der Waals surface area contributed by atoms with Crippen LogP contribution in [0.2, 0.25) is 10.0 Å². The Morgan fingerprint density at radius 3 is 2.58 bits per heavy atom. The van der Waals surface area contributed by atoms with Crippen LogP contribution in [0.4, 0.5) is 0 Å². The number of nitrogens with zero attached hydrogens (tertiary/aromatic N) is 1. The molecule has 0 radical (unpaired) electrons. The number of amides is 1. The minimum absolute atomic E-state index is 0.0363. The summed E-state index contributed by atoms with van der Waals surface area (Å²) < 4.78 is 10.8. The van der Waals surface area contributed by atoms with Gasteiger partial charge in [0.15, 0.2) is 0 Å². The lowest BCUT2D eigenvalue weighted by Crippen LogP contribution is -2.48. The van der Waals surface area contributed by atoms with Crippen molar-refractivity contribution in [3.8, 4) is 5.75 Å². The second kappa shape index (κ2) is 8.61. The molecule has 1 aromatic carbocycles. The summed E-state index contributed by atoms with van der Waals surface area (Å²) in [5.41, 5.74) is 7.39. The number of carbonyl (C=O) groups excluding carboxylic acids is 1. The van der Waals surface area contributed by atoms with E-state index in [1.54, 1.807) is 18.2 Å². The van der Waals surface area contributed by atoms with E-state index in [0.29, 0.717) is 35.6 Å². The van der Waals surface area contributed by atoms with Crippen molar-refractivity contribution in [2.45, 2.75) is 18.9 Å². The highest BCUT2D eigenvalue weighted by molar-refractivity contribution is 6.42. The Morgan fingerprint density at radius 1 is 1.35 bits per heavy atom. The first-order chi connectivity index (χ1) is 12.5. The molecular formula is C19H24Cl2N2O3. The van der Waals surface area contributed by atoms with Crippen molar-refractivity contribution in [2.24, 2.45) is 17.6 Å². The van der Waals surface area contributed by atoms with E-state index in [1.165, 1.54) is 0 Å². The van der Waals surface area contributed by atoms with Crippen LogP contribution in [-0.4, -0.2) is 43.7 Å². The number of benzene rings is 1. The third kappa shape index (κ3) is 4.17. The number of rotatable bonds is 6. The van der Waals surface area contributed by atoms with E-state index in [-0.39, 0.29) is 23.8 Å². The average Bonchev–Trinajstić information content (AvgIpc) is 2.60. The van der Waals surface area contributed by atoms with Gasteiger partial charge in [-0.15, -0.1) is 0 Å². The topological polar surface area (TPSA) is 64.8 Å². The zero-order valence-corrected chi connectivity index (χ0v) is 16.1. The predicted molar refractivity (Wildman–Crippen MR) is 103 cm³/mol. The Bertz CT molecular complexity index is 671. The molecule has 7 heteroatoms. The van der Waals surface area contributed by atoms with Gasteiger partial charge in [0.25, 0.3) is 0 Å². The lowest BCUT2D eigenvalue weighted by Gasteiger charge is -2.38. The Kier molecular flexibility index (Phi) is 6.46. The minimum Gasteiger partial charge on any atom is -0.489 e. The Hall–Kier alpha value is -1.27. The molecule has 5 nitrogen and oxygen atoms in total. The van der Waals surface area contributed by atoms with Crippen molar-refractivity contribution in [3.63, 3.8) is 0 Å². The summed E-state index contributed by atoms with van der Waals surface area (Å²) in [6.07, 6.45) is 3.37. The number of hydrogen-bond donors (Lipinski definition) is 1. The molecule has 3 rings (SSSR count). The molecule has 0 aromatic heterocycles. The van der Waals surface area contributed by atoms with Crippen LogP contribution in [0.5, 0.6) is 5.75 Å². The second-order valence-corrected chi connectivity index (χ2v) is 7.64. The van der Waals surface area contributed by atoms with Crippen LogP contribution in [-0.2, 0) is 9.53 Å². The fourth-order valence-electron chi connectivity index (χ4n) is 3.45. The number of likely N-dealkylation sites (tertiary alicyclic amines) is 1. The smallest absolute Gasteiger partial charge is 0.230 e. The van der Waals surface area contributed by atoms with Crippen molar-refractivity contribution in [2.75, 3.05) is 32.9 Å². The number of hydrogen-bond acceptors (Lipinski definition) is 4. The summed E-state index contributed by atoms with van der Waals surface area (Å²) in [5, 5.41) is 0.894. The molecule has 2 heterocycles. The maximum atomic E-state index is 12.3. The Labute approximate surface area is 164 Å². The second-order valence-electron chi connectivity index (χ2n) is 6.83. The van der Waals surface area contributed by atoms with Gasteiger partial charge in [-0.25, -0.2) is 0 Å². The van der Waals surface area contributed by atoms with Crippen LogP contribution >= 0.6 is 23.2 Å². The molecule has 2 aliphatic heterocycles. The van der Waals surface area contributed by atoms with Gasteiger partial charge in [-0.2, -0.15) is 0 Å². The van der Waals surface area contributed by atoms with E-state index in [1.807, 2.05) is 4.90 Å². The molecule has 2 N–H and O–H groups in total. The molecule has 1 unspecified atom stereocenters. The van der Waals surface area contributed by atoms with Crippen LogP contribution in [0, 0.1) is 11.8 Å². The summed E-state index contributed by atoms with van der Waals surface area (Å²) in [5.74, 6) is 1.12. The summed E-state index contributed by atoms with van der Waals surface area (Å²) in [6.45, 7) is 6.57. The van der Waals surface area contributed by atoms with Crippen molar-refractivity contribution < 1.29 is 14.3 Å². The molecule has 26 heavy (non-hydrogen) atoms. The molecule has 0 bridgehead atoms. The van der Waals surface area contributed by atoms with Gasteiger partial charge in [0.05, 0.1) is 29.2 Å². The van der Waals surface area contributed by atoms with Crippen LogP contribution < -0.4 is 10.5 Å². The molecule has 2 aliphatic rings. The standard InChI is InChI=1S/C19H24Cl2N2O3/c1-2-7-26-17-9-16(21)15(20)8-14(17)18(22)12-3-5-23(6-4-12)19(24)13-10-25-11-13/h2,8-9,12-13,18H,1,3-7,10-11,22H2. The molecule has 1 amide bonds. The van der Waals surface area contributed by atoms with Gasteiger partial charge in [0.1, 0.15) is 12.4 Å². The largest absolute Gasteiger partial charge is 0.489 e. The highest BCUT2D eigenvalue weighted by Gasteiger charge is 2.34. The molecule has 0 spiro atoms. The van der Waals surface area contributed by atoms with E-state index in [4.69, 9.17) is 38.4 Å². The van der Waals surface area contributed by atoms with Crippen LogP contribution in [0.3, 0.4) is 0 Å². The first-order valence-corrected chi connectivity index (χ1v) is 9.61. The number of ether oxygens (including phenoxy) is 2. The van der Waals surface area contributed by atoms with Gasteiger partial charge < -0.3 is 20.1 Å². The highest BCUT2D eigenvalue weighted by atomic mass is 35.5. The first-order valence-electron chi connectivity index (χ1n) is 8.86. The summed E-state index contributed by atoms with van der Waals surface area (Å²) in [7, 11) is 0. The Morgan fingerprint density at radius 2 is 2.00 bits per heavy atom. The quantitative estimate of drug-likeness (QED) is 0.745. The molecule has 1 aromatic rings. The average molecular weight is 399 g/mol. The number of nitrogens with two attached hydrogens (primary N) is 1. The molecule has 2 saturated heterocycles. The minimum atomic E-state index is -0.228. The number of halogens is 2. The lowest BCUT2D eigenvalue weighted by atomic mass is 9.85. The molecule has 2 fully saturated rings. The van der Waals surface area contributed by atoms with E-state index >= 15 is 0 Å². The SMILES string of the molecule is C=CCOc1cc(Cl)c(Cl)cc1C(N)C1CCN(C(=O)C2COC2)CC1. The van der Waals surface area contributed by atoms with Crippen LogP contribution in [0.25, 0.3) is 0 Å². The number of carbonyl (C=O) groups is 1. The number of piperidine rings is 1. The predicted octanol–water partition coefficient (Wildman–Crippen LogP) is 3.44. The monoisotopic (exact) mass is 398 g/mol. The molecule has 142 valence electrons. The van der Waals surface area contributed by atoms with Gasteiger partial charge >= 0.3 is 0 Å². The van der Waals surface area contributed by atoms with Gasteiger partial charge in [0, 0.05) is 30.8 Å². The zero-order chi connectivity index (χ0) is 18.7. The van der Waals surface area contributed by atoms with Gasteiger partial charge in [-0.05, 0) is 24.8 Å². The third-order valence-corrected chi connectivity index (χ3v) is 5.84. The van der Waals surface area contributed by atoms with Crippen molar-refractivity contribution in [1.82, 2.24) is 4.90 Å². The molecule has 1 atom stereocenters. The van der Waals surface area contributed by atoms with Gasteiger partial charge in [0.2, 0.25) is 5.91 Å². The Balaban J connectivity index is 1.67.